The van der Waals surface area contributed by atoms with Crippen molar-refractivity contribution in [3.8, 4) is 5.75 Å². The van der Waals surface area contributed by atoms with Crippen LogP contribution in [0.25, 0.3) is 0 Å². The number of thiazole rings is 1. The quantitative estimate of drug-likeness (QED) is 0.782. The van der Waals surface area contributed by atoms with Crippen molar-refractivity contribution in [1.82, 2.24) is 4.98 Å². The molecule has 2 aromatic rings. The number of rotatable bonds is 8. The van der Waals surface area contributed by atoms with Crippen molar-refractivity contribution in [2.75, 3.05) is 30.4 Å². The predicted molar refractivity (Wildman–Crippen MR) is 91.9 cm³/mol. The molecule has 0 amide bonds. The lowest BCUT2D eigenvalue weighted by Gasteiger charge is -2.16. The SMILES string of the molecule is CCN(CC)c1ncc(CNc2ccc(OC)c(CO)c2)s1. The van der Waals surface area contributed by atoms with Crippen molar-refractivity contribution in [3.63, 3.8) is 0 Å². The van der Waals surface area contributed by atoms with Gasteiger partial charge in [-0.05, 0) is 32.0 Å². The molecule has 0 bridgehead atoms. The summed E-state index contributed by atoms with van der Waals surface area (Å²) in [6.45, 7) is 6.89. The molecule has 0 fully saturated rings. The van der Waals surface area contributed by atoms with Crippen LogP contribution in [0.5, 0.6) is 5.75 Å². The van der Waals surface area contributed by atoms with E-state index in [0.29, 0.717) is 5.75 Å². The Hall–Kier alpha value is -1.79. The molecular weight excluding hydrogens is 298 g/mol. The van der Waals surface area contributed by atoms with Crippen molar-refractivity contribution in [1.29, 1.82) is 0 Å². The summed E-state index contributed by atoms with van der Waals surface area (Å²) >= 11 is 1.71. The Morgan fingerprint density at radius 3 is 2.73 bits per heavy atom. The molecule has 22 heavy (non-hydrogen) atoms. The maximum Gasteiger partial charge on any atom is 0.185 e. The Balaban J connectivity index is 2.01. The van der Waals surface area contributed by atoms with Crippen molar-refractivity contribution < 1.29 is 9.84 Å². The third-order valence-corrected chi connectivity index (χ3v) is 4.55. The molecule has 2 N–H and O–H groups in total. The molecule has 0 saturated carbocycles. The second-order valence-corrected chi connectivity index (χ2v) is 5.91. The van der Waals surface area contributed by atoms with Crippen LogP contribution >= 0.6 is 11.3 Å². The molecule has 0 unspecified atom stereocenters. The standard InChI is InChI=1S/C16H23N3O2S/c1-4-19(5-2)16-18-10-14(22-16)9-17-13-6-7-15(21-3)12(8-13)11-20/h6-8,10,17,20H,4-5,9,11H2,1-3H3. The van der Waals surface area contributed by atoms with Gasteiger partial charge in [-0.25, -0.2) is 4.98 Å². The first-order chi connectivity index (χ1) is 10.7. The molecular formula is C16H23N3O2S. The zero-order valence-electron chi connectivity index (χ0n) is 13.3. The van der Waals surface area contributed by atoms with Gasteiger partial charge in [0.1, 0.15) is 5.75 Å². The Kier molecular flexibility index (Phi) is 6.03. The van der Waals surface area contributed by atoms with Crippen LogP contribution in [0, 0.1) is 0 Å². The van der Waals surface area contributed by atoms with Gasteiger partial charge in [-0.1, -0.05) is 0 Å². The van der Waals surface area contributed by atoms with Gasteiger partial charge < -0.3 is 20.1 Å². The van der Waals surface area contributed by atoms with Gasteiger partial charge in [0.15, 0.2) is 5.13 Å². The van der Waals surface area contributed by atoms with Gasteiger partial charge in [0.2, 0.25) is 0 Å². The fraction of sp³-hybridized carbons (Fsp3) is 0.438. The van der Waals surface area contributed by atoms with E-state index in [1.54, 1.807) is 18.4 Å². The largest absolute Gasteiger partial charge is 0.496 e. The summed E-state index contributed by atoms with van der Waals surface area (Å²) in [5, 5.41) is 13.8. The number of ether oxygens (including phenoxy) is 1. The highest BCUT2D eigenvalue weighted by atomic mass is 32.1. The third kappa shape index (κ3) is 3.90. The van der Waals surface area contributed by atoms with Gasteiger partial charge >= 0.3 is 0 Å². The van der Waals surface area contributed by atoms with Gasteiger partial charge in [-0.2, -0.15) is 0 Å². The van der Waals surface area contributed by atoms with E-state index in [0.717, 1.165) is 36.0 Å². The molecule has 0 aliphatic carbocycles. The number of hydrogen-bond donors (Lipinski definition) is 2. The maximum atomic E-state index is 9.36. The van der Waals surface area contributed by atoms with E-state index < -0.39 is 0 Å². The molecule has 0 aliphatic heterocycles. The minimum absolute atomic E-state index is 0.0364. The first kappa shape index (κ1) is 16.6. The zero-order valence-corrected chi connectivity index (χ0v) is 14.1. The minimum atomic E-state index is -0.0364. The smallest absolute Gasteiger partial charge is 0.185 e. The Labute approximate surface area is 135 Å². The van der Waals surface area contributed by atoms with Crippen molar-refractivity contribution in [2.24, 2.45) is 0 Å². The summed E-state index contributed by atoms with van der Waals surface area (Å²) in [5.74, 6) is 0.703. The van der Waals surface area contributed by atoms with Gasteiger partial charge in [0.25, 0.3) is 0 Å². The number of aromatic nitrogens is 1. The van der Waals surface area contributed by atoms with Crippen LogP contribution in [0.1, 0.15) is 24.3 Å². The Bertz CT molecular complexity index is 597. The van der Waals surface area contributed by atoms with E-state index in [-0.39, 0.29) is 6.61 Å². The topological polar surface area (TPSA) is 57.6 Å². The van der Waals surface area contributed by atoms with Crippen molar-refractivity contribution in [2.45, 2.75) is 27.0 Å². The predicted octanol–water partition coefficient (Wildman–Crippen LogP) is 3.10. The highest BCUT2D eigenvalue weighted by Crippen LogP contribution is 2.25. The molecule has 0 radical (unpaired) electrons. The van der Waals surface area contributed by atoms with Gasteiger partial charge in [-0.15, -0.1) is 11.3 Å². The fourth-order valence-electron chi connectivity index (χ4n) is 2.22. The summed E-state index contributed by atoms with van der Waals surface area (Å²) in [6, 6.07) is 5.72. The molecule has 0 spiro atoms. The molecule has 2 rings (SSSR count). The summed E-state index contributed by atoms with van der Waals surface area (Å²) < 4.78 is 5.21. The summed E-state index contributed by atoms with van der Waals surface area (Å²) in [5.41, 5.74) is 1.74. The minimum Gasteiger partial charge on any atom is -0.496 e. The van der Waals surface area contributed by atoms with Crippen molar-refractivity contribution in [3.05, 3.63) is 34.8 Å². The lowest BCUT2D eigenvalue weighted by atomic mass is 10.2. The lowest BCUT2D eigenvalue weighted by Crippen LogP contribution is -2.21. The highest BCUT2D eigenvalue weighted by Gasteiger charge is 2.08. The average Bonchev–Trinajstić information content (AvgIpc) is 3.02. The number of aliphatic hydroxyl groups excluding tert-OH is 1. The average molecular weight is 321 g/mol. The molecule has 5 nitrogen and oxygen atoms in total. The molecule has 0 atom stereocenters. The van der Waals surface area contributed by atoms with Gasteiger partial charge in [-0.3, -0.25) is 0 Å². The molecule has 6 heteroatoms. The number of anilines is 2. The molecule has 1 aromatic carbocycles. The molecule has 0 aliphatic rings. The van der Waals surface area contributed by atoms with E-state index in [1.807, 2.05) is 24.4 Å². The molecule has 0 saturated heterocycles. The number of methoxy groups -OCH3 is 1. The number of nitrogens with one attached hydrogen (secondary N) is 1. The van der Waals surface area contributed by atoms with Crippen LogP contribution in [0.3, 0.4) is 0 Å². The van der Waals surface area contributed by atoms with Crippen LogP contribution in [0.15, 0.2) is 24.4 Å². The highest BCUT2D eigenvalue weighted by molar-refractivity contribution is 7.15. The molecule has 1 heterocycles. The molecule has 120 valence electrons. The van der Waals surface area contributed by atoms with E-state index >= 15 is 0 Å². The van der Waals surface area contributed by atoms with Crippen molar-refractivity contribution >= 4 is 22.2 Å². The third-order valence-electron chi connectivity index (χ3n) is 3.49. The van der Waals surface area contributed by atoms with Crippen LogP contribution in [-0.4, -0.2) is 30.3 Å². The number of nitrogens with zero attached hydrogens (tertiary/aromatic N) is 2. The summed E-state index contributed by atoms with van der Waals surface area (Å²) in [6.07, 6.45) is 1.92. The van der Waals surface area contributed by atoms with E-state index in [2.05, 4.69) is 29.0 Å². The van der Waals surface area contributed by atoms with Crippen LogP contribution < -0.4 is 15.0 Å². The van der Waals surface area contributed by atoms with E-state index in [1.165, 1.54) is 4.88 Å². The zero-order chi connectivity index (χ0) is 15.9. The summed E-state index contributed by atoms with van der Waals surface area (Å²) in [7, 11) is 1.60. The van der Waals surface area contributed by atoms with Gasteiger partial charge in [0.05, 0.1) is 20.3 Å². The fourth-order valence-corrected chi connectivity index (χ4v) is 3.20. The Morgan fingerprint density at radius 1 is 1.32 bits per heavy atom. The number of hydrogen-bond acceptors (Lipinski definition) is 6. The lowest BCUT2D eigenvalue weighted by molar-refractivity contribution is 0.274. The van der Waals surface area contributed by atoms with E-state index in [4.69, 9.17) is 4.74 Å². The maximum absolute atomic E-state index is 9.36. The second kappa shape index (κ2) is 8.00. The first-order valence-electron chi connectivity index (χ1n) is 7.43. The van der Waals surface area contributed by atoms with Gasteiger partial charge in [0, 0.05) is 35.4 Å². The second-order valence-electron chi connectivity index (χ2n) is 4.82. The van der Waals surface area contributed by atoms with Crippen LogP contribution in [0.4, 0.5) is 10.8 Å². The number of aliphatic hydroxyl groups is 1. The first-order valence-corrected chi connectivity index (χ1v) is 8.24. The Morgan fingerprint density at radius 2 is 2.09 bits per heavy atom. The number of benzene rings is 1. The molecule has 1 aromatic heterocycles. The summed E-state index contributed by atoms with van der Waals surface area (Å²) in [4.78, 5) is 7.90. The van der Waals surface area contributed by atoms with Crippen LogP contribution in [0.2, 0.25) is 0 Å². The van der Waals surface area contributed by atoms with Crippen LogP contribution in [-0.2, 0) is 13.2 Å². The monoisotopic (exact) mass is 321 g/mol. The van der Waals surface area contributed by atoms with E-state index in [9.17, 15) is 5.11 Å². The normalized spacial score (nSPS) is 10.5.